The summed E-state index contributed by atoms with van der Waals surface area (Å²) in [5.41, 5.74) is 3.66. The van der Waals surface area contributed by atoms with Gasteiger partial charge in [0, 0.05) is 30.4 Å². The Morgan fingerprint density at radius 3 is 2.34 bits per heavy atom. The number of nitrogens with one attached hydrogen (secondary N) is 1. The number of carbonyl (C=O) groups excluding carboxylic acids is 1. The number of carbonyl (C=O) groups is 1. The molecule has 1 aromatic heterocycles. The van der Waals surface area contributed by atoms with E-state index in [1.807, 2.05) is 35.0 Å². The van der Waals surface area contributed by atoms with E-state index in [-0.39, 0.29) is 16.8 Å². The molecular formula is C26H29FN4O3S. The van der Waals surface area contributed by atoms with Gasteiger partial charge >= 0.3 is 0 Å². The zero-order chi connectivity index (χ0) is 24.4. The Labute approximate surface area is 205 Å². The highest BCUT2D eigenvalue weighted by Gasteiger charge is 2.31. The van der Waals surface area contributed by atoms with E-state index in [9.17, 15) is 17.6 Å². The fraction of sp³-hybridized carbons (Fsp3) is 0.385. The van der Waals surface area contributed by atoms with E-state index in [1.54, 1.807) is 4.90 Å². The largest absolute Gasteiger partial charge is 0.337 e. The maximum absolute atomic E-state index is 13.5. The average Bonchev–Trinajstić information content (AvgIpc) is 3.05. The van der Waals surface area contributed by atoms with Crippen molar-refractivity contribution < 1.29 is 17.6 Å². The van der Waals surface area contributed by atoms with E-state index in [0.717, 1.165) is 61.2 Å². The van der Waals surface area contributed by atoms with Crippen LogP contribution in [0.2, 0.25) is 0 Å². The number of piperidine rings is 1. The van der Waals surface area contributed by atoms with Crippen LogP contribution >= 0.6 is 0 Å². The third-order valence-electron chi connectivity index (χ3n) is 6.86. The fourth-order valence-corrected chi connectivity index (χ4v) is 6.29. The third-order valence-corrected chi connectivity index (χ3v) is 8.40. The molecule has 0 bridgehead atoms. The first kappa shape index (κ1) is 23.7. The van der Waals surface area contributed by atoms with Gasteiger partial charge in [-0.2, -0.15) is 5.10 Å². The highest BCUT2D eigenvalue weighted by molar-refractivity contribution is 7.89. The zero-order valence-electron chi connectivity index (χ0n) is 19.5. The Balaban J connectivity index is 1.31. The number of rotatable bonds is 5. The monoisotopic (exact) mass is 496 g/mol. The molecule has 1 N–H and O–H groups in total. The second-order valence-corrected chi connectivity index (χ2v) is 10.9. The van der Waals surface area contributed by atoms with Crippen LogP contribution in [0.1, 0.15) is 53.8 Å². The van der Waals surface area contributed by atoms with E-state index < -0.39 is 15.8 Å². The topological polar surface area (TPSA) is 84.3 Å². The average molecular weight is 497 g/mol. The van der Waals surface area contributed by atoms with Crippen molar-refractivity contribution in [3.05, 3.63) is 77.4 Å². The lowest BCUT2D eigenvalue weighted by atomic mass is 10.0. The minimum atomic E-state index is -3.75. The minimum Gasteiger partial charge on any atom is -0.337 e. The van der Waals surface area contributed by atoms with E-state index in [4.69, 9.17) is 5.10 Å². The number of hydrogen-bond donors (Lipinski definition) is 1. The molecule has 9 heteroatoms. The van der Waals surface area contributed by atoms with Crippen LogP contribution in [0.25, 0.3) is 5.69 Å². The van der Waals surface area contributed by atoms with E-state index >= 15 is 0 Å². The van der Waals surface area contributed by atoms with Gasteiger partial charge in [-0.15, -0.1) is 0 Å². The summed E-state index contributed by atoms with van der Waals surface area (Å²) in [6, 6.07) is 14.4. The normalized spacial score (nSPS) is 17.1. The molecule has 1 aliphatic heterocycles. The molecule has 1 amide bonds. The molecular weight excluding hydrogens is 467 g/mol. The molecule has 7 nitrogen and oxygen atoms in total. The molecule has 3 aromatic rings. The van der Waals surface area contributed by atoms with E-state index in [1.165, 1.54) is 12.1 Å². The van der Waals surface area contributed by atoms with Crippen LogP contribution in [0, 0.1) is 5.82 Å². The Hall–Kier alpha value is -3.04. The highest BCUT2D eigenvalue weighted by atomic mass is 32.2. The zero-order valence-corrected chi connectivity index (χ0v) is 20.3. The van der Waals surface area contributed by atoms with Crippen LogP contribution in [0.15, 0.2) is 59.5 Å². The molecule has 0 spiro atoms. The van der Waals surface area contributed by atoms with Crippen LogP contribution in [-0.2, 0) is 22.9 Å². The van der Waals surface area contributed by atoms with Gasteiger partial charge in [0.2, 0.25) is 10.0 Å². The Bertz CT molecular complexity index is 1300. The smallest absolute Gasteiger partial charge is 0.274 e. The summed E-state index contributed by atoms with van der Waals surface area (Å²) in [4.78, 5) is 15.4. The van der Waals surface area contributed by atoms with E-state index in [0.29, 0.717) is 31.6 Å². The molecule has 35 heavy (non-hydrogen) atoms. The maximum atomic E-state index is 13.5. The molecule has 0 unspecified atom stereocenters. The lowest BCUT2D eigenvalue weighted by Crippen LogP contribution is -2.46. The maximum Gasteiger partial charge on any atom is 0.274 e. The van der Waals surface area contributed by atoms with Crippen molar-refractivity contribution in [3.63, 3.8) is 0 Å². The Kier molecular flexibility index (Phi) is 6.71. The Morgan fingerprint density at radius 2 is 1.63 bits per heavy atom. The first-order chi connectivity index (χ1) is 16.9. The highest BCUT2D eigenvalue weighted by Crippen LogP contribution is 2.28. The van der Waals surface area contributed by atoms with Gasteiger partial charge in [-0.3, -0.25) is 4.79 Å². The lowest BCUT2D eigenvalue weighted by molar-refractivity contribution is 0.0703. The second kappa shape index (κ2) is 9.91. The SMILES string of the molecule is O=C(c1nn(-c2ccccc2)c2c1CCCCC2)N1CCC(NS(=O)(=O)c2ccc(F)cc2)CC1. The molecule has 0 radical (unpaired) electrons. The van der Waals surface area contributed by atoms with Crippen LogP contribution in [0.4, 0.5) is 4.39 Å². The third kappa shape index (κ3) is 5.01. The standard InChI is InChI=1S/C26H29FN4O3S/c27-19-11-13-22(14-12-19)35(33,34)29-20-15-17-30(18-16-20)26(32)25-23-9-5-2-6-10-24(23)31(28-25)21-7-3-1-4-8-21/h1,3-4,7-8,11-14,20,29H,2,5-6,9-10,15-18H2. The molecule has 1 fully saturated rings. The quantitative estimate of drug-likeness (QED) is 0.544. The number of hydrogen-bond acceptors (Lipinski definition) is 4. The predicted octanol–water partition coefficient (Wildman–Crippen LogP) is 3.86. The number of aromatic nitrogens is 2. The summed E-state index contributed by atoms with van der Waals surface area (Å²) in [5.74, 6) is -0.568. The summed E-state index contributed by atoms with van der Waals surface area (Å²) in [7, 11) is -3.75. The molecule has 0 saturated carbocycles. The first-order valence-corrected chi connectivity index (χ1v) is 13.6. The van der Waals surface area contributed by atoms with Gasteiger partial charge in [-0.25, -0.2) is 22.2 Å². The first-order valence-electron chi connectivity index (χ1n) is 12.2. The van der Waals surface area contributed by atoms with Gasteiger partial charge in [-0.05, 0) is 74.9 Å². The molecule has 1 saturated heterocycles. The number of fused-ring (bicyclic) bond motifs is 1. The Morgan fingerprint density at radius 1 is 0.943 bits per heavy atom. The second-order valence-electron chi connectivity index (χ2n) is 9.22. The van der Waals surface area contributed by atoms with Crippen molar-refractivity contribution in [1.29, 1.82) is 0 Å². The van der Waals surface area contributed by atoms with Crippen LogP contribution in [0.5, 0.6) is 0 Å². The molecule has 184 valence electrons. The molecule has 2 aromatic carbocycles. The van der Waals surface area contributed by atoms with Gasteiger partial charge in [0.05, 0.1) is 10.6 Å². The summed E-state index contributed by atoms with van der Waals surface area (Å²) < 4.78 is 43.1. The van der Waals surface area contributed by atoms with Crippen LogP contribution in [0.3, 0.4) is 0 Å². The van der Waals surface area contributed by atoms with Gasteiger partial charge in [0.15, 0.2) is 5.69 Å². The van der Waals surface area contributed by atoms with Crippen molar-refractivity contribution >= 4 is 15.9 Å². The minimum absolute atomic E-state index is 0.0338. The molecule has 5 rings (SSSR count). The van der Waals surface area contributed by atoms with Crippen molar-refractivity contribution in [1.82, 2.24) is 19.4 Å². The van der Waals surface area contributed by atoms with Crippen molar-refractivity contribution in [2.24, 2.45) is 0 Å². The summed E-state index contributed by atoms with van der Waals surface area (Å²) in [6.07, 6.45) is 6.02. The number of amides is 1. The van der Waals surface area contributed by atoms with Gasteiger partial charge in [0.1, 0.15) is 5.82 Å². The predicted molar refractivity (Wildman–Crippen MR) is 130 cm³/mol. The molecule has 1 aliphatic carbocycles. The lowest BCUT2D eigenvalue weighted by Gasteiger charge is -2.32. The molecule has 2 heterocycles. The summed E-state index contributed by atoms with van der Waals surface area (Å²) >= 11 is 0. The van der Waals surface area contributed by atoms with Crippen molar-refractivity contribution in [2.75, 3.05) is 13.1 Å². The van der Waals surface area contributed by atoms with Gasteiger partial charge in [-0.1, -0.05) is 24.6 Å². The number of benzene rings is 2. The number of sulfonamides is 1. The van der Waals surface area contributed by atoms with Gasteiger partial charge < -0.3 is 4.90 Å². The number of para-hydroxylation sites is 1. The molecule has 0 atom stereocenters. The fourth-order valence-electron chi connectivity index (χ4n) is 4.98. The summed E-state index contributed by atoms with van der Waals surface area (Å²) in [5, 5.41) is 4.79. The number of nitrogens with zero attached hydrogens (tertiary/aromatic N) is 3. The number of halogens is 1. The molecule has 2 aliphatic rings. The van der Waals surface area contributed by atoms with E-state index in [2.05, 4.69) is 4.72 Å². The van der Waals surface area contributed by atoms with Gasteiger partial charge in [0.25, 0.3) is 5.91 Å². The number of likely N-dealkylation sites (tertiary alicyclic amines) is 1. The van der Waals surface area contributed by atoms with Crippen molar-refractivity contribution in [3.8, 4) is 5.69 Å². The van der Waals surface area contributed by atoms with Crippen molar-refractivity contribution in [2.45, 2.75) is 55.9 Å². The van der Waals surface area contributed by atoms with Crippen LogP contribution < -0.4 is 4.72 Å². The van der Waals surface area contributed by atoms with Crippen LogP contribution in [-0.4, -0.2) is 48.1 Å². The summed E-state index contributed by atoms with van der Waals surface area (Å²) in [6.45, 7) is 0.894.